The number of nitrogens with zero attached hydrogens (tertiary/aromatic N) is 1. The molecule has 0 aromatic carbocycles. The maximum absolute atomic E-state index is 12.4. The minimum atomic E-state index is -0.658. The molecule has 0 aromatic heterocycles. The zero-order chi connectivity index (χ0) is 17.9. The molecule has 138 valence electrons. The van der Waals surface area contributed by atoms with Crippen molar-refractivity contribution in [3.8, 4) is 0 Å². The SMILES string of the molecule is CCC(C)(OC(=O)NC(C(C)=O)C1CC2CCCCC2C1)N(C)C. The highest BCUT2D eigenvalue weighted by Gasteiger charge is 2.41. The molecule has 0 radical (unpaired) electrons. The maximum atomic E-state index is 12.4. The van der Waals surface area contributed by atoms with Gasteiger partial charge in [0.1, 0.15) is 0 Å². The first-order valence-corrected chi connectivity index (χ1v) is 9.44. The summed E-state index contributed by atoms with van der Waals surface area (Å²) in [6.45, 7) is 5.45. The van der Waals surface area contributed by atoms with Crippen molar-refractivity contribution in [1.29, 1.82) is 0 Å². The highest BCUT2D eigenvalue weighted by atomic mass is 16.6. The van der Waals surface area contributed by atoms with E-state index < -0.39 is 17.9 Å². The van der Waals surface area contributed by atoms with Crippen molar-refractivity contribution in [2.45, 2.75) is 77.5 Å². The molecule has 24 heavy (non-hydrogen) atoms. The summed E-state index contributed by atoms with van der Waals surface area (Å²) in [6.07, 6.45) is 7.52. The standard InChI is InChI=1S/C19H34N2O3/c1-6-19(3,21(4)5)24-18(23)20-17(13(2)22)16-11-14-9-7-8-10-15(14)12-16/h14-17H,6-12H2,1-5H3,(H,20,23). The lowest BCUT2D eigenvalue weighted by Gasteiger charge is -2.35. The van der Waals surface area contributed by atoms with E-state index >= 15 is 0 Å². The highest BCUT2D eigenvalue weighted by molar-refractivity contribution is 5.85. The number of carbonyl (C=O) groups excluding carboxylic acids is 2. The topological polar surface area (TPSA) is 58.6 Å². The summed E-state index contributed by atoms with van der Waals surface area (Å²) in [5, 5.41) is 2.88. The molecule has 0 heterocycles. The van der Waals surface area contributed by atoms with E-state index in [9.17, 15) is 9.59 Å². The molecule has 0 bridgehead atoms. The van der Waals surface area contributed by atoms with Crippen molar-refractivity contribution < 1.29 is 14.3 Å². The molecule has 1 amide bonds. The number of amides is 1. The van der Waals surface area contributed by atoms with Crippen LogP contribution in [0.4, 0.5) is 4.79 Å². The van der Waals surface area contributed by atoms with Crippen molar-refractivity contribution >= 4 is 11.9 Å². The third kappa shape index (κ3) is 4.29. The summed E-state index contributed by atoms with van der Waals surface area (Å²) in [5.41, 5.74) is -0.658. The van der Waals surface area contributed by atoms with E-state index in [-0.39, 0.29) is 11.7 Å². The number of ketones is 1. The molecule has 2 fully saturated rings. The number of carbonyl (C=O) groups is 2. The average molecular weight is 338 g/mol. The zero-order valence-corrected chi connectivity index (χ0v) is 15.9. The maximum Gasteiger partial charge on any atom is 0.409 e. The summed E-state index contributed by atoms with van der Waals surface area (Å²) >= 11 is 0. The van der Waals surface area contributed by atoms with E-state index in [0.29, 0.717) is 6.42 Å². The third-order valence-electron chi connectivity index (χ3n) is 6.37. The predicted octanol–water partition coefficient (Wildman–Crippen LogP) is 3.57. The van der Waals surface area contributed by atoms with Gasteiger partial charge in [0.05, 0.1) is 6.04 Å². The number of ether oxygens (including phenoxy) is 1. The van der Waals surface area contributed by atoms with Gasteiger partial charge in [-0.05, 0) is 65.0 Å². The summed E-state index contributed by atoms with van der Waals surface area (Å²) in [6, 6.07) is -0.411. The number of rotatable bonds is 6. The lowest BCUT2D eigenvalue weighted by atomic mass is 9.82. The van der Waals surface area contributed by atoms with Gasteiger partial charge in [0.2, 0.25) is 0 Å². The fraction of sp³-hybridized carbons (Fsp3) is 0.895. The molecule has 2 rings (SSSR count). The largest absolute Gasteiger partial charge is 0.428 e. The Bertz CT molecular complexity index is 452. The van der Waals surface area contributed by atoms with Gasteiger partial charge < -0.3 is 10.1 Å². The molecule has 4 unspecified atom stereocenters. The quantitative estimate of drug-likeness (QED) is 0.752. The summed E-state index contributed by atoms with van der Waals surface area (Å²) in [7, 11) is 3.78. The van der Waals surface area contributed by atoms with Crippen LogP contribution in [-0.2, 0) is 9.53 Å². The Labute approximate surface area is 146 Å². The van der Waals surface area contributed by atoms with E-state index in [1.807, 2.05) is 32.8 Å². The Morgan fingerprint density at radius 1 is 1.21 bits per heavy atom. The Morgan fingerprint density at radius 3 is 2.17 bits per heavy atom. The summed E-state index contributed by atoms with van der Waals surface area (Å²) in [4.78, 5) is 26.4. The number of fused-ring (bicyclic) bond motifs is 1. The number of nitrogens with one attached hydrogen (secondary N) is 1. The van der Waals surface area contributed by atoms with Gasteiger partial charge >= 0.3 is 6.09 Å². The summed E-state index contributed by atoms with van der Waals surface area (Å²) < 4.78 is 5.63. The van der Waals surface area contributed by atoms with Gasteiger partial charge in [-0.1, -0.05) is 32.6 Å². The van der Waals surface area contributed by atoms with Crippen molar-refractivity contribution in [3.05, 3.63) is 0 Å². The van der Waals surface area contributed by atoms with Crippen LogP contribution >= 0.6 is 0 Å². The van der Waals surface area contributed by atoms with Crippen molar-refractivity contribution in [2.24, 2.45) is 17.8 Å². The molecular weight excluding hydrogens is 304 g/mol. The van der Waals surface area contributed by atoms with Crippen LogP contribution in [0.3, 0.4) is 0 Å². The van der Waals surface area contributed by atoms with Crippen LogP contribution in [0.1, 0.15) is 65.7 Å². The fourth-order valence-electron chi connectivity index (χ4n) is 4.44. The predicted molar refractivity (Wildman–Crippen MR) is 94.6 cm³/mol. The molecule has 1 N–H and O–H groups in total. The second-order valence-electron chi connectivity index (χ2n) is 8.08. The van der Waals surface area contributed by atoms with E-state index in [2.05, 4.69) is 5.32 Å². The Balaban J connectivity index is 1.99. The molecule has 5 heteroatoms. The molecule has 4 atom stereocenters. The smallest absolute Gasteiger partial charge is 0.409 e. The first-order valence-electron chi connectivity index (χ1n) is 9.44. The fourth-order valence-corrected chi connectivity index (χ4v) is 4.44. The Kier molecular flexibility index (Phi) is 6.29. The van der Waals surface area contributed by atoms with Crippen LogP contribution in [0, 0.1) is 17.8 Å². The van der Waals surface area contributed by atoms with Crippen molar-refractivity contribution in [2.75, 3.05) is 14.1 Å². The monoisotopic (exact) mass is 338 g/mol. The van der Waals surface area contributed by atoms with E-state index in [1.165, 1.54) is 25.7 Å². The van der Waals surface area contributed by atoms with Crippen molar-refractivity contribution in [3.63, 3.8) is 0 Å². The van der Waals surface area contributed by atoms with Crippen LogP contribution < -0.4 is 5.32 Å². The lowest BCUT2D eigenvalue weighted by Crippen LogP contribution is -2.51. The molecule has 0 spiro atoms. The second kappa shape index (κ2) is 7.85. The van der Waals surface area contributed by atoms with Crippen LogP contribution in [0.25, 0.3) is 0 Å². The van der Waals surface area contributed by atoms with E-state index in [1.54, 1.807) is 6.92 Å². The van der Waals surface area contributed by atoms with Gasteiger partial charge in [0, 0.05) is 0 Å². The van der Waals surface area contributed by atoms with E-state index in [4.69, 9.17) is 4.74 Å². The van der Waals surface area contributed by atoms with E-state index in [0.717, 1.165) is 24.7 Å². The number of hydrogen-bond acceptors (Lipinski definition) is 4. The van der Waals surface area contributed by atoms with Gasteiger partial charge in [-0.3, -0.25) is 9.69 Å². The van der Waals surface area contributed by atoms with Gasteiger partial charge in [0.15, 0.2) is 11.5 Å². The van der Waals surface area contributed by atoms with Crippen LogP contribution in [0.2, 0.25) is 0 Å². The highest BCUT2D eigenvalue weighted by Crippen LogP contribution is 2.46. The number of Topliss-reactive ketones (excluding diaryl/α,β-unsaturated/α-hetero) is 1. The molecule has 2 aliphatic rings. The molecular formula is C19H34N2O3. The van der Waals surface area contributed by atoms with Crippen LogP contribution in [-0.4, -0.2) is 42.6 Å². The Morgan fingerprint density at radius 2 is 1.75 bits per heavy atom. The number of alkyl carbamates (subject to hydrolysis) is 1. The normalized spacial score (nSPS) is 30.3. The Hall–Kier alpha value is -1.10. The molecule has 2 saturated carbocycles. The van der Waals surface area contributed by atoms with Gasteiger partial charge in [-0.15, -0.1) is 0 Å². The molecule has 5 nitrogen and oxygen atoms in total. The summed E-state index contributed by atoms with van der Waals surface area (Å²) in [5.74, 6) is 1.78. The average Bonchev–Trinajstić information content (AvgIpc) is 2.95. The molecule has 0 aromatic rings. The lowest BCUT2D eigenvalue weighted by molar-refractivity contribution is -0.121. The minimum absolute atomic E-state index is 0.0404. The number of hydrogen-bond donors (Lipinski definition) is 1. The van der Waals surface area contributed by atoms with Gasteiger partial charge in [0.25, 0.3) is 0 Å². The third-order valence-corrected chi connectivity index (χ3v) is 6.37. The van der Waals surface area contributed by atoms with Crippen LogP contribution in [0.15, 0.2) is 0 Å². The molecule has 2 aliphatic carbocycles. The first-order chi connectivity index (χ1) is 11.3. The first kappa shape index (κ1) is 19.2. The van der Waals surface area contributed by atoms with Crippen molar-refractivity contribution in [1.82, 2.24) is 10.2 Å². The van der Waals surface area contributed by atoms with Gasteiger partial charge in [-0.25, -0.2) is 4.79 Å². The molecule has 0 aliphatic heterocycles. The molecule has 0 saturated heterocycles. The zero-order valence-electron chi connectivity index (χ0n) is 15.9. The minimum Gasteiger partial charge on any atom is -0.428 e. The van der Waals surface area contributed by atoms with Crippen LogP contribution in [0.5, 0.6) is 0 Å². The second-order valence-corrected chi connectivity index (χ2v) is 8.08. The van der Waals surface area contributed by atoms with Gasteiger partial charge in [-0.2, -0.15) is 0 Å².